The third kappa shape index (κ3) is 3.92. The number of rotatable bonds is 3. The highest BCUT2D eigenvalue weighted by atomic mass is 32.1. The molecule has 1 N–H and O–H groups in total. The molecule has 2 heterocycles. The van der Waals surface area contributed by atoms with Crippen LogP contribution in [0, 0.1) is 0 Å². The summed E-state index contributed by atoms with van der Waals surface area (Å²) >= 11 is 7.21. The Kier molecular flexibility index (Phi) is 5.27. The first-order valence-corrected chi connectivity index (χ1v) is 10.6. The molecule has 1 aliphatic rings. The lowest BCUT2D eigenvalue weighted by molar-refractivity contribution is 0.390. The second-order valence-corrected chi connectivity index (χ2v) is 8.37. The maximum absolute atomic E-state index is 5.64. The third-order valence-electron chi connectivity index (χ3n) is 5.05. The smallest absolute Gasteiger partial charge is 0.173 e. The Morgan fingerprint density at radius 1 is 1.04 bits per heavy atom. The lowest BCUT2D eigenvalue weighted by atomic mass is 10.0. The van der Waals surface area contributed by atoms with Crippen LogP contribution in [0.1, 0.15) is 25.3 Å². The highest BCUT2D eigenvalue weighted by Gasteiger charge is 2.22. The summed E-state index contributed by atoms with van der Waals surface area (Å²) in [6.45, 7) is 8.09. The minimum Gasteiger partial charge on any atom is -0.352 e. The number of nitrogens with one attached hydrogen (secondary N) is 1. The van der Waals surface area contributed by atoms with E-state index in [0.717, 1.165) is 42.8 Å². The average Bonchev–Trinajstić information content (AvgIpc) is 3.12. The van der Waals surface area contributed by atoms with Crippen molar-refractivity contribution in [3.63, 3.8) is 0 Å². The van der Waals surface area contributed by atoms with Crippen molar-refractivity contribution in [3.05, 3.63) is 54.1 Å². The molecule has 27 heavy (non-hydrogen) atoms. The molecule has 0 aliphatic carbocycles. The van der Waals surface area contributed by atoms with E-state index in [1.807, 2.05) is 0 Å². The molecule has 4 rings (SSSR count). The van der Waals surface area contributed by atoms with Crippen LogP contribution in [0.5, 0.6) is 0 Å². The van der Waals surface area contributed by atoms with Gasteiger partial charge in [0, 0.05) is 37.3 Å². The van der Waals surface area contributed by atoms with Gasteiger partial charge < -0.3 is 15.1 Å². The van der Waals surface area contributed by atoms with Gasteiger partial charge in [0.1, 0.15) is 5.82 Å². The van der Waals surface area contributed by atoms with Crippen LogP contribution in [0.25, 0.3) is 10.1 Å². The summed E-state index contributed by atoms with van der Waals surface area (Å²) in [4.78, 5) is 4.62. The molecule has 6 heteroatoms. The molecule has 140 valence electrons. The monoisotopic (exact) mass is 396 g/mol. The quantitative estimate of drug-likeness (QED) is 0.634. The molecule has 4 nitrogen and oxygen atoms in total. The van der Waals surface area contributed by atoms with Crippen LogP contribution >= 0.6 is 23.8 Å². The van der Waals surface area contributed by atoms with Gasteiger partial charge >= 0.3 is 0 Å². The molecular weight excluding hydrogens is 372 g/mol. The van der Waals surface area contributed by atoms with E-state index in [9.17, 15) is 0 Å². The first kappa shape index (κ1) is 18.2. The fourth-order valence-electron chi connectivity index (χ4n) is 3.38. The van der Waals surface area contributed by atoms with Crippen LogP contribution < -0.4 is 10.2 Å². The maximum atomic E-state index is 5.64. The maximum Gasteiger partial charge on any atom is 0.173 e. The van der Waals surface area contributed by atoms with E-state index >= 15 is 0 Å². The van der Waals surface area contributed by atoms with Crippen LogP contribution in [-0.2, 0) is 0 Å². The van der Waals surface area contributed by atoms with E-state index in [1.165, 1.54) is 15.6 Å². The Hall–Kier alpha value is -2.18. The van der Waals surface area contributed by atoms with Crippen LogP contribution in [0.3, 0.4) is 0 Å². The number of piperazine rings is 1. The molecule has 1 fully saturated rings. The molecule has 0 amide bonds. The van der Waals surface area contributed by atoms with Gasteiger partial charge in [0.2, 0.25) is 0 Å². The van der Waals surface area contributed by atoms with Gasteiger partial charge in [-0.1, -0.05) is 38.1 Å². The zero-order valence-corrected chi connectivity index (χ0v) is 17.3. The van der Waals surface area contributed by atoms with Gasteiger partial charge in [-0.15, -0.1) is 0 Å². The SMILES string of the molecule is CC(C)c1ccc(NC(=S)N2CCN(c3nsc4ccccc34)CC2)cc1. The molecular formula is C21H24N4S2. The number of hydrogen-bond donors (Lipinski definition) is 1. The lowest BCUT2D eigenvalue weighted by Crippen LogP contribution is -2.50. The summed E-state index contributed by atoms with van der Waals surface area (Å²) in [5.41, 5.74) is 2.40. The highest BCUT2D eigenvalue weighted by molar-refractivity contribution is 7.80. The van der Waals surface area contributed by atoms with E-state index in [1.54, 1.807) is 11.5 Å². The molecule has 0 unspecified atom stereocenters. The van der Waals surface area contributed by atoms with Gasteiger partial charge in [-0.05, 0) is 59.5 Å². The van der Waals surface area contributed by atoms with E-state index < -0.39 is 0 Å². The van der Waals surface area contributed by atoms with Crippen molar-refractivity contribution < 1.29 is 0 Å². The van der Waals surface area contributed by atoms with Gasteiger partial charge in [-0.25, -0.2) is 0 Å². The largest absolute Gasteiger partial charge is 0.352 e. The third-order valence-corrected chi connectivity index (χ3v) is 6.23. The highest BCUT2D eigenvalue weighted by Crippen LogP contribution is 2.29. The number of benzene rings is 2. The summed E-state index contributed by atoms with van der Waals surface area (Å²) in [5, 5.41) is 5.44. The molecule has 0 atom stereocenters. The van der Waals surface area contributed by atoms with Crippen molar-refractivity contribution in [2.75, 3.05) is 36.4 Å². The zero-order valence-electron chi connectivity index (χ0n) is 15.7. The predicted molar refractivity (Wildman–Crippen MR) is 120 cm³/mol. The molecule has 1 aliphatic heterocycles. The molecule has 0 radical (unpaired) electrons. The first-order valence-electron chi connectivity index (χ1n) is 9.37. The number of hydrogen-bond acceptors (Lipinski definition) is 4. The van der Waals surface area contributed by atoms with Gasteiger partial charge in [0.15, 0.2) is 5.11 Å². The topological polar surface area (TPSA) is 31.4 Å². The Bertz CT molecular complexity index is 925. The number of fused-ring (bicyclic) bond motifs is 1. The van der Waals surface area contributed by atoms with E-state index in [0.29, 0.717) is 5.92 Å². The van der Waals surface area contributed by atoms with Gasteiger partial charge in [-0.3, -0.25) is 0 Å². The van der Waals surface area contributed by atoms with Crippen molar-refractivity contribution in [1.29, 1.82) is 0 Å². The minimum absolute atomic E-state index is 0.542. The Morgan fingerprint density at radius 2 is 1.74 bits per heavy atom. The standard InChI is InChI=1S/C21H24N4S2/c1-15(2)16-7-9-17(10-8-16)22-21(26)25-13-11-24(12-14-25)20-18-5-3-4-6-19(18)27-23-20/h3-10,15H,11-14H2,1-2H3,(H,22,26). The summed E-state index contributed by atoms with van der Waals surface area (Å²) in [6.07, 6.45) is 0. The molecule has 1 saturated heterocycles. The Balaban J connectivity index is 1.36. The molecule has 0 bridgehead atoms. The molecule has 0 spiro atoms. The molecule has 2 aromatic carbocycles. The number of anilines is 2. The Morgan fingerprint density at radius 3 is 2.44 bits per heavy atom. The van der Waals surface area contributed by atoms with Crippen molar-refractivity contribution in [1.82, 2.24) is 9.27 Å². The second kappa shape index (κ2) is 7.82. The van der Waals surface area contributed by atoms with E-state index in [-0.39, 0.29) is 0 Å². The van der Waals surface area contributed by atoms with Gasteiger partial charge in [0.25, 0.3) is 0 Å². The van der Waals surface area contributed by atoms with E-state index in [4.69, 9.17) is 12.2 Å². The fourth-order valence-corrected chi connectivity index (χ4v) is 4.47. The van der Waals surface area contributed by atoms with Gasteiger partial charge in [0.05, 0.1) is 4.70 Å². The average molecular weight is 397 g/mol. The molecule has 3 aromatic rings. The summed E-state index contributed by atoms with van der Waals surface area (Å²) in [7, 11) is 0. The second-order valence-electron chi connectivity index (χ2n) is 7.18. The minimum atomic E-state index is 0.542. The predicted octanol–water partition coefficient (Wildman–Crippen LogP) is 4.94. The first-order chi connectivity index (χ1) is 13.1. The summed E-state index contributed by atoms with van der Waals surface area (Å²) in [5.74, 6) is 1.65. The molecule has 0 saturated carbocycles. The van der Waals surface area contributed by atoms with Crippen molar-refractivity contribution >= 4 is 50.5 Å². The van der Waals surface area contributed by atoms with Crippen LogP contribution in [0.2, 0.25) is 0 Å². The molecule has 1 aromatic heterocycles. The van der Waals surface area contributed by atoms with Crippen LogP contribution in [0.15, 0.2) is 48.5 Å². The fraction of sp³-hybridized carbons (Fsp3) is 0.333. The van der Waals surface area contributed by atoms with Crippen molar-refractivity contribution in [2.24, 2.45) is 0 Å². The lowest BCUT2D eigenvalue weighted by Gasteiger charge is -2.36. The number of aromatic nitrogens is 1. The van der Waals surface area contributed by atoms with Crippen molar-refractivity contribution in [3.8, 4) is 0 Å². The number of nitrogens with zero attached hydrogens (tertiary/aromatic N) is 3. The van der Waals surface area contributed by atoms with E-state index in [2.05, 4.69) is 81.9 Å². The summed E-state index contributed by atoms with van der Waals surface area (Å²) < 4.78 is 5.93. The van der Waals surface area contributed by atoms with Crippen LogP contribution in [-0.4, -0.2) is 40.6 Å². The summed E-state index contributed by atoms with van der Waals surface area (Å²) in [6, 6.07) is 17.0. The van der Waals surface area contributed by atoms with Crippen LogP contribution in [0.4, 0.5) is 11.5 Å². The zero-order chi connectivity index (χ0) is 18.8. The van der Waals surface area contributed by atoms with Crippen molar-refractivity contribution in [2.45, 2.75) is 19.8 Å². The number of thiocarbonyl (C=S) groups is 1. The normalized spacial score (nSPS) is 14.8. The van der Waals surface area contributed by atoms with Gasteiger partial charge in [-0.2, -0.15) is 4.37 Å². The Labute approximate surface area is 170 Å².